The Morgan fingerprint density at radius 1 is 0.899 bits per heavy atom. The number of hydrogen-bond donors (Lipinski definition) is 1. The van der Waals surface area contributed by atoms with E-state index in [0.29, 0.717) is 83.2 Å². The lowest BCUT2D eigenvalue weighted by Gasteiger charge is -2.62. The zero-order valence-corrected chi connectivity index (χ0v) is 41.6. The Hall–Kier alpha value is -5.74. The highest BCUT2D eigenvalue weighted by molar-refractivity contribution is 7.99. The summed E-state index contributed by atoms with van der Waals surface area (Å²) < 4.78 is 55.0. The van der Waals surface area contributed by atoms with Gasteiger partial charge in [0.05, 0.1) is 37.6 Å². The molecule has 2 unspecified atom stereocenters. The smallest absolute Gasteiger partial charge is 0.493 e. The lowest BCUT2D eigenvalue weighted by atomic mass is 9.71. The van der Waals surface area contributed by atoms with Crippen molar-refractivity contribution in [3.8, 4) is 46.3 Å². The maximum Gasteiger partial charge on any atom is 0.514 e. The van der Waals surface area contributed by atoms with Crippen LogP contribution in [0.5, 0.6) is 40.2 Å². The van der Waals surface area contributed by atoms with Gasteiger partial charge >= 0.3 is 24.1 Å². The van der Waals surface area contributed by atoms with Gasteiger partial charge in [-0.1, -0.05) is 19.9 Å². The minimum atomic E-state index is -1.48. The Balaban J connectivity index is 1.29. The summed E-state index contributed by atoms with van der Waals surface area (Å²) in [4.78, 5) is 60.0. The average Bonchev–Trinajstić information content (AvgIpc) is 3.79. The predicted molar refractivity (Wildman–Crippen MR) is 251 cm³/mol. The molecule has 368 valence electrons. The molecule has 4 bridgehead atoms. The van der Waals surface area contributed by atoms with Gasteiger partial charge in [0.25, 0.3) is 0 Å². The second-order valence-corrected chi connectivity index (χ2v) is 20.6. The molecule has 7 heterocycles. The number of carbonyl (C=O) groups excluding carboxylic acids is 4. The van der Waals surface area contributed by atoms with Gasteiger partial charge in [-0.3, -0.25) is 24.7 Å². The lowest BCUT2D eigenvalue weighted by Crippen LogP contribution is -2.69. The number of rotatable bonds is 9. The van der Waals surface area contributed by atoms with Crippen molar-refractivity contribution in [2.75, 3.05) is 47.0 Å². The lowest BCUT2D eigenvalue weighted by molar-refractivity contribution is -0.157. The molecule has 2 saturated heterocycles. The van der Waals surface area contributed by atoms with Crippen molar-refractivity contribution in [1.82, 2.24) is 15.1 Å². The van der Waals surface area contributed by atoms with Crippen molar-refractivity contribution >= 4 is 35.8 Å². The molecular weight excluding hydrogens is 909 g/mol. The Bertz CT molecular complexity index is 2660. The zero-order valence-electron chi connectivity index (χ0n) is 40.8. The molecule has 0 aliphatic carbocycles. The van der Waals surface area contributed by atoms with Crippen molar-refractivity contribution in [3.05, 3.63) is 62.7 Å². The number of methoxy groups -OCH3 is 2. The number of hydrogen-bond acceptors (Lipinski definition) is 18. The van der Waals surface area contributed by atoms with Gasteiger partial charge in [0, 0.05) is 59.5 Å². The van der Waals surface area contributed by atoms with Crippen molar-refractivity contribution in [3.63, 3.8) is 0 Å². The summed E-state index contributed by atoms with van der Waals surface area (Å²) in [6, 6.07) is 5.06. The molecule has 10 rings (SSSR count). The second-order valence-electron chi connectivity index (χ2n) is 19.5. The number of fused-ring (bicyclic) bond motifs is 9. The fourth-order valence-corrected chi connectivity index (χ4v) is 13.0. The molecule has 0 saturated carbocycles. The maximum atomic E-state index is 15.3. The molecule has 7 aliphatic rings. The average molecular weight is 969 g/mol. The molecule has 69 heavy (non-hydrogen) atoms. The van der Waals surface area contributed by atoms with E-state index in [2.05, 4.69) is 27.3 Å². The first-order valence-corrected chi connectivity index (χ1v) is 24.7. The van der Waals surface area contributed by atoms with Crippen LogP contribution in [0, 0.1) is 25.2 Å². The number of esters is 3. The highest BCUT2D eigenvalue weighted by atomic mass is 32.2. The Kier molecular flexibility index (Phi) is 13.0. The van der Waals surface area contributed by atoms with Crippen LogP contribution in [0.4, 0.5) is 4.79 Å². The Morgan fingerprint density at radius 3 is 2.28 bits per heavy atom. The van der Waals surface area contributed by atoms with Crippen LogP contribution in [-0.4, -0.2) is 105 Å². The van der Waals surface area contributed by atoms with E-state index in [1.807, 2.05) is 34.7 Å². The van der Waals surface area contributed by atoms with E-state index in [1.54, 1.807) is 40.0 Å². The third kappa shape index (κ3) is 8.08. The third-order valence-corrected chi connectivity index (χ3v) is 15.6. The number of ether oxygens (including phenoxy) is 9. The molecule has 2 fully saturated rings. The molecule has 3 aromatic rings. The van der Waals surface area contributed by atoms with Gasteiger partial charge < -0.3 is 42.6 Å². The molecule has 17 nitrogen and oxygen atoms in total. The van der Waals surface area contributed by atoms with E-state index in [4.69, 9.17) is 42.6 Å². The highest BCUT2D eigenvalue weighted by Gasteiger charge is 2.62. The van der Waals surface area contributed by atoms with Crippen LogP contribution in [0.2, 0.25) is 0 Å². The summed E-state index contributed by atoms with van der Waals surface area (Å²) in [7, 11) is 5.01. The van der Waals surface area contributed by atoms with E-state index >= 15 is 4.79 Å². The molecule has 7 atom stereocenters. The molecule has 18 heteroatoms. The minimum Gasteiger partial charge on any atom is -0.493 e. The largest absolute Gasteiger partial charge is 0.514 e. The Morgan fingerprint density at radius 2 is 1.61 bits per heavy atom. The van der Waals surface area contributed by atoms with Gasteiger partial charge in [-0.2, -0.15) is 5.26 Å². The molecule has 1 N–H and O–H groups in total. The molecule has 7 aliphatic heterocycles. The van der Waals surface area contributed by atoms with Gasteiger partial charge in [0.2, 0.25) is 6.79 Å². The minimum absolute atomic E-state index is 0.0721. The van der Waals surface area contributed by atoms with Gasteiger partial charge in [0.1, 0.15) is 24.0 Å². The maximum absolute atomic E-state index is 15.3. The van der Waals surface area contributed by atoms with E-state index in [9.17, 15) is 19.6 Å². The normalized spacial score (nSPS) is 25.5. The second kappa shape index (κ2) is 18.5. The van der Waals surface area contributed by atoms with Crippen LogP contribution in [0.3, 0.4) is 0 Å². The van der Waals surface area contributed by atoms with Crippen LogP contribution in [-0.2, 0) is 42.2 Å². The monoisotopic (exact) mass is 968 g/mol. The Labute approximate surface area is 406 Å². The first kappa shape index (κ1) is 48.3. The number of nitriles is 1. The van der Waals surface area contributed by atoms with Gasteiger partial charge in [-0.25, -0.2) is 9.59 Å². The van der Waals surface area contributed by atoms with Gasteiger partial charge in [0.15, 0.2) is 40.0 Å². The van der Waals surface area contributed by atoms with E-state index < -0.39 is 64.6 Å². The predicted octanol–water partition coefficient (Wildman–Crippen LogP) is 7.38. The zero-order chi connectivity index (χ0) is 49.3. The first-order valence-electron chi connectivity index (χ1n) is 23.6. The van der Waals surface area contributed by atoms with E-state index in [-0.39, 0.29) is 49.5 Å². The number of thioether (sulfide) groups is 1. The van der Waals surface area contributed by atoms with Crippen molar-refractivity contribution in [1.29, 1.82) is 5.26 Å². The molecule has 0 amide bonds. The number of carbonyl (C=O) groups is 4. The van der Waals surface area contributed by atoms with Crippen molar-refractivity contribution in [2.24, 2.45) is 0 Å². The van der Waals surface area contributed by atoms with Crippen molar-refractivity contribution < 1.29 is 61.8 Å². The molecule has 1 spiro atoms. The van der Waals surface area contributed by atoms with E-state index in [1.165, 1.54) is 18.9 Å². The summed E-state index contributed by atoms with van der Waals surface area (Å²) in [5.74, 6) is 0.965. The molecule has 3 aromatic carbocycles. The van der Waals surface area contributed by atoms with Gasteiger partial charge in [-0.05, 0) is 102 Å². The number of nitrogens with zero attached hydrogens (tertiary/aromatic N) is 3. The summed E-state index contributed by atoms with van der Waals surface area (Å²) in [5.41, 5.74) is 3.35. The summed E-state index contributed by atoms with van der Waals surface area (Å²) in [5, 5.41) is 14.3. The van der Waals surface area contributed by atoms with E-state index in [0.717, 1.165) is 22.3 Å². The fourth-order valence-electron chi connectivity index (χ4n) is 11.3. The van der Waals surface area contributed by atoms with Crippen LogP contribution < -0.4 is 38.5 Å². The van der Waals surface area contributed by atoms with Crippen LogP contribution in [0.1, 0.15) is 122 Å². The molecular formula is C51H60N4O13S. The molecule has 0 aromatic heterocycles. The fraction of sp³-hybridized carbons (Fsp3) is 0.549. The topological polar surface area (TPSA) is 194 Å². The number of likely N-dealkylation sites (N-methyl/N-ethyl adjacent to an activating group) is 1. The molecule has 0 radical (unpaired) electrons. The quantitative estimate of drug-likeness (QED) is 0.127. The first-order chi connectivity index (χ1) is 33.0. The number of piperazine rings is 1. The summed E-state index contributed by atoms with van der Waals surface area (Å²) in [6.07, 6.45) is 1.50. The standard InChI is InChI=1S/C51H60N4O13S/c1-11-13-35(56)66-43-26(4)44-45(64-24-63-44)38-32-22-62-48(58)51(29-20-33(60-9)34(19-27(29)15-16-53-51)65-49(59)68-50(5,6)7)23-69-47(39(38)43)41-40-37-28(18-30(54(40)8)31(21-52)55(32)41)17-25(3)42(61-10)46(37)67-36(57)14-12-2/h17,19-20,30-32,40-41,47,53H,11-16,18,22-24H2,1-10H3/t30-,31-,32-,40?,41?,47+,51+/m0/s1. The number of benzene rings is 3. The van der Waals surface area contributed by atoms with Crippen LogP contribution >= 0.6 is 11.8 Å². The summed E-state index contributed by atoms with van der Waals surface area (Å²) >= 11 is 1.46. The highest BCUT2D eigenvalue weighted by Crippen LogP contribution is 2.65. The number of nitrogens with one attached hydrogen (secondary N) is 1. The van der Waals surface area contributed by atoms with Crippen LogP contribution in [0.15, 0.2) is 18.2 Å². The van der Waals surface area contributed by atoms with Gasteiger partial charge in [-0.15, -0.1) is 11.8 Å². The number of aryl methyl sites for hydroxylation is 1. The van der Waals surface area contributed by atoms with Crippen molar-refractivity contribution in [2.45, 2.75) is 134 Å². The summed E-state index contributed by atoms with van der Waals surface area (Å²) in [6.45, 7) is 12.8. The third-order valence-electron chi connectivity index (χ3n) is 14.1. The van der Waals surface area contributed by atoms with Crippen LogP contribution in [0.25, 0.3) is 0 Å². The SMILES string of the molecule is CCCC(=O)Oc1c(OC)c(C)cc2c1C1C3[C@@H]4SC[C@]5(NCCc6cc(OC(=O)OC(C)(C)C)c(OC)cc65)C(=O)OC[C@@H](c5c6c(c(C)c(OC(=O)CCC)c54)OCO6)N3[C@@H](C#N)[C@H](C2)N1C.